The number of hydrogen-bond acceptors (Lipinski definition) is 4. The fraction of sp³-hybridized carbons (Fsp3) is 0.120. The summed E-state index contributed by atoms with van der Waals surface area (Å²) in [5.41, 5.74) is 2.55. The van der Waals surface area contributed by atoms with Crippen LogP contribution in [0.4, 0.5) is 10.1 Å². The van der Waals surface area contributed by atoms with Crippen molar-refractivity contribution in [3.05, 3.63) is 91.3 Å². The van der Waals surface area contributed by atoms with Gasteiger partial charge in [-0.05, 0) is 88.7 Å². The molecule has 0 heterocycles. The van der Waals surface area contributed by atoms with Crippen LogP contribution in [-0.2, 0) is 11.4 Å². The minimum Gasteiger partial charge on any atom is -0.493 e. The molecule has 8 heteroatoms. The summed E-state index contributed by atoms with van der Waals surface area (Å²) in [6, 6.07) is 16.6. The Morgan fingerprint density at radius 3 is 2.70 bits per heavy atom. The van der Waals surface area contributed by atoms with E-state index in [0.717, 1.165) is 5.56 Å². The maximum Gasteiger partial charge on any atom is 0.266 e. The molecule has 168 valence electrons. The molecule has 5 nitrogen and oxygen atoms in total. The van der Waals surface area contributed by atoms with Gasteiger partial charge in [0, 0.05) is 10.7 Å². The molecule has 1 N–H and O–H groups in total. The quantitative estimate of drug-likeness (QED) is 0.197. The largest absolute Gasteiger partial charge is 0.493 e. The molecular weight excluding hydrogens is 558 g/mol. The van der Waals surface area contributed by atoms with Crippen molar-refractivity contribution in [3.8, 4) is 17.6 Å². The fourth-order valence-electron chi connectivity index (χ4n) is 2.93. The number of carbonyl (C=O) groups is 1. The summed E-state index contributed by atoms with van der Waals surface area (Å²) in [5, 5.41) is 12.7. The van der Waals surface area contributed by atoms with Crippen LogP contribution < -0.4 is 14.8 Å². The zero-order valence-electron chi connectivity index (χ0n) is 17.8. The van der Waals surface area contributed by atoms with Crippen molar-refractivity contribution >= 4 is 51.9 Å². The van der Waals surface area contributed by atoms with Crippen molar-refractivity contribution in [1.29, 1.82) is 5.26 Å². The van der Waals surface area contributed by atoms with Crippen molar-refractivity contribution < 1.29 is 18.7 Å². The van der Waals surface area contributed by atoms with Crippen LogP contribution in [0.1, 0.15) is 16.7 Å². The molecule has 0 unspecified atom stereocenters. The monoisotopic (exact) mass is 576 g/mol. The minimum absolute atomic E-state index is 0.0852. The van der Waals surface area contributed by atoms with E-state index in [9.17, 15) is 14.4 Å². The van der Waals surface area contributed by atoms with Gasteiger partial charge >= 0.3 is 0 Å². The molecule has 0 aliphatic rings. The van der Waals surface area contributed by atoms with Crippen LogP contribution in [0, 0.1) is 27.6 Å². The SMILES string of the molecule is COc1cc(/C=C(/C#N)C(=O)Nc2ccc(C)c(Cl)c2)cc(I)c1OCc1cccc(F)c1. The van der Waals surface area contributed by atoms with E-state index in [-0.39, 0.29) is 18.0 Å². The molecule has 3 aromatic carbocycles. The molecule has 0 saturated heterocycles. The number of amides is 1. The first-order valence-corrected chi connectivity index (χ1v) is 11.2. The third-order valence-electron chi connectivity index (χ3n) is 4.63. The molecule has 0 aliphatic heterocycles. The van der Waals surface area contributed by atoms with E-state index in [1.165, 1.54) is 25.3 Å². The third kappa shape index (κ3) is 6.46. The van der Waals surface area contributed by atoms with Crippen LogP contribution in [0.15, 0.2) is 60.2 Å². The maximum absolute atomic E-state index is 13.4. The average Bonchev–Trinajstić information content (AvgIpc) is 2.78. The zero-order valence-corrected chi connectivity index (χ0v) is 20.7. The Kier molecular flexibility index (Phi) is 8.31. The Balaban J connectivity index is 1.82. The number of carbonyl (C=O) groups excluding carboxylic acids is 1. The van der Waals surface area contributed by atoms with E-state index < -0.39 is 5.91 Å². The smallest absolute Gasteiger partial charge is 0.266 e. The maximum atomic E-state index is 13.4. The molecule has 0 atom stereocenters. The first-order chi connectivity index (χ1) is 15.8. The molecule has 0 aromatic heterocycles. The summed E-state index contributed by atoms with van der Waals surface area (Å²) >= 11 is 8.18. The number of ether oxygens (including phenoxy) is 2. The van der Waals surface area contributed by atoms with E-state index in [2.05, 4.69) is 27.9 Å². The third-order valence-corrected chi connectivity index (χ3v) is 5.84. The number of nitriles is 1. The van der Waals surface area contributed by atoms with Crippen LogP contribution in [0.25, 0.3) is 6.08 Å². The standard InChI is InChI=1S/C25H19ClFIN2O3/c1-15-6-7-20(12-21(15)26)30-25(31)18(13-29)8-17-10-22(28)24(23(11-17)32-2)33-14-16-4-3-5-19(27)9-16/h3-12H,14H2,1-2H3,(H,30,31)/b18-8-. The summed E-state index contributed by atoms with van der Waals surface area (Å²) in [7, 11) is 1.49. The lowest BCUT2D eigenvalue weighted by atomic mass is 10.1. The first kappa shape index (κ1) is 24.6. The molecule has 0 bridgehead atoms. The lowest BCUT2D eigenvalue weighted by Gasteiger charge is -2.14. The van der Waals surface area contributed by atoms with Gasteiger partial charge < -0.3 is 14.8 Å². The number of aryl methyl sites for hydroxylation is 1. The molecule has 0 fully saturated rings. The summed E-state index contributed by atoms with van der Waals surface area (Å²) in [5.74, 6) is 0.00984. The average molecular weight is 577 g/mol. The summed E-state index contributed by atoms with van der Waals surface area (Å²) in [6.45, 7) is 2.01. The summed E-state index contributed by atoms with van der Waals surface area (Å²) in [4.78, 5) is 12.6. The lowest BCUT2D eigenvalue weighted by molar-refractivity contribution is -0.112. The Labute approximate surface area is 209 Å². The minimum atomic E-state index is -0.558. The van der Waals surface area contributed by atoms with E-state index in [0.29, 0.717) is 36.9 Å². The second-order valence-electron chi connectivity index (χ2n) is 7.04. The highest BCUT2D eigenvalue weighted by molar-refractivity contribution is 14.1. The lowest BCUT2D eigenvalue weighted by Crippen LogP contribution is -2.13. The van der Waals surface area contributed by atoms with Gasteiger partial charge in [0.1, 0.15) is 24.1 Å². The number of hydrogen-bond donors (Lipinski definition) is 1. The number of nitrogens with one attached hydrogen (secondary N) is 1. The van der Waals surface area contributed by atoms with Gasteiger partial charge in [0.25, 0.3) is 5.91 Å². The van der Waals surface area contributed by atoms with Crippen molar-refractivity contribution in [3.63, 3.8) is 0 Å². The highest BCUT2D eigenvalue weighted by atomic mass is 127. The van der Waals surface area contributed by atoms with Gasteiger partial charge in [-0.25, -0.2) is 4.39 Å². The van der Waals surface area contributed by atoms with E-state index in [1.54, 1.807) is 42.5 Å². The van der Waals surface area contributed by atoms with Crippen LogP contribution in [0.2, 0.25) is 5.02 Å². The zero-order chi connectivity index (χ0) is 24.0. The van der Waals surface area contributed by atoms with Crippen LogP contribution in [0.3, 0.4) is 0 Å². The van der Waals surface area contributed by atoms with Crippen LogP contribution in [0.5, 0.6) is 11.5 Å². The number of rotatable bonds is 7. The summed E-state index contributed by atoms with van der Waals surface area (Å²) in [6.07, 6.45) is 1.46. The van der Waals surface area contributed by atoms with Gasteiger partial charge in [-0.15, -0.1) is 0 Å². The van der Waals surface area contributed by atoms with Gasteiger partial charge in [0.2, 0.25) is 0 Å². The number of nitrogens with zero attached hydrogens (tertiary/aromatic N) is 1. The fourth-order valence-corrected chi connectivity index (χ4v) is 3.89. The second kappa shape index (κ2) is 11.2. The van der Waals surface area contributed by atoms with Crippen molar-refractivity contribution in [2.75, 3.05) is 12.4 Å². The second-order valence-corrected chi connectivity index (χ2v) is 8.61. The predicted molar refractivity (Wildman–Crippen MR) is 135 cm³/mol. The van der Waals surface area contributed by atoms with Crippen molar-refractivity contribution in [1.82, 2.24) is 0 Å². The highest BCUT2D eigenvalue weighted by Crippen LogP contribution is 2.35. The van der Waals surface area contributed by atoms with Crippen molar-refractivity contribution in [2.24, 2.45) is 0 Å². The molecule has 0 saturated carbocycles. The topological polar surface area (TPSA) is 71.3 Å². The van der Waals surface area contributed by atoms with E-state index in [1.807, 2.05) is 13.0 Å². The van der Waals surface area contributed by atoms with Crippen molar-refractivity contribution in [2.45, 2.75) is 13.5 Å². The number of methoxy groups -OCH3 is 1. The van der Waals surface area contributed by atoms with Gasteiger partial charge in [0.15, 0.2) is 11.5 Å². The molecule has 3 aromatic rings. The molecule has 0 radical (unpaired) electrons. The normalized spacial score (nSPS) is 11.0. The Hall–Kier alpha value is -3.09. The molecule has 0 aliphatic carbocycles. The van der Waals surface area contributed by atoms with Gasteiger partial charge in [-0.2, -0.15) is 5.26 Å². The number of anilines is 1. The molecular formula is C25H19ClFIN2O3. The Bertz CT molecular complexity index is 1270. The van der Waals surface area contributed by atoms with Gasteiger partial charge in [-0.3, -0.25) is 4.79 Å². The van der Waals surface area contributed by atoms with Gasteiger partial charge in [0.05, 0.1) is 10.7 Å². The van der Waals surface area contributed by atoms with Crippen LogP contribution >= 0.6 is 34.2 Å². The molecule has 1 amide bonds. The molecule has 33 heavy (non-hydrogen) atoms. The molecule has 0 spiro atoms. The number of halogens is 3. The Morgan fingerprint density at radius 2 is 2.03 bits per heavy atom. The Morgan fingerprint density at radius 1 is 1.24 bits per heavy atom. The van der Waals surface area contributed by atoms with Crippen LogP contribution in [-0.4, -0.2) is 13.0 Å². The summed E-state index contributed by atoms with van der Waals surface area (Å²) < 4.78 is 25.4. The predicted octanol–water partition coefficient (Wildman–Crippen LogP) is 6.53. The highest BCUT2D eigenvalue weighted by Gasteiger charge is 2.15. The van der Waals surface area contributed by atoms with E-state index in [4.69, 9.17) is 21.1 Å². The van der Waals surface area contributed by atoms with Gasteiger partial charge in [-0.1, -0.05) is 29.8 Å². The molecule has 3 rings (SSSR count). The number of benzene rings is 3. The van der Waals surface area contributed by atoms with E-state index >= 15 is 0 Å². The first-order valence-electron chi connectivity index (χ1n) is 9.74.